The second-order valence-corrected chi connectivity index (χ2v) is 4.36. The maximum atomic E-state index is 5.97. The summed E-state index contributed by atoms with van der Waals surface area (Å²) in [5.41, 5.74) is 5.45. The van der Waals surface area contributed by atoms with Crippen molar-refractivity contribution in [1.82, 2.24) is 0 Å². The quantitative estimate of drug-likeness (QED) is 0.643. The van der Waals surface area contributed by atoms with Crippen molar-refractivity contribution in [3.05, 3.63) is 28.8 Å². The lowest BCUT2D eigenvalue weighted by Crippen LogP contribution is -2.26. The van der Waals surface area contributed by atoms with Gasteiger partial charge in [0, 0.05) is 25.2 Å². The predicted octanol–water partition coefficient (Wildman–Crippen LogP) is 3.12. The van der Waals surface area contributed by atoms with Gasteiger partial charge in [-0.05, 0) is 30.9 Å². The molecule has 0 aliphatic carbocycles. The monoisotopic (exact) mass is 209 g/mol. The summed E-state index contributed by atoms with van der Waals surface area (Å²) < 4.78 is 0. The molecule has 1 aliphatic heterocycles. The summed E-state index contributed by atoms with van der Waals surface area (Å²) in [6.07, 6.45) is 2.46. The van der Waals surface area contributed by atoms with Crippen molar-refractivity contribution in [3.8, 4) is 0 Å². The molecule has 0 aromatic heterocycles. The number of hydrogen-bond acceptors (Lipinski definition) is 1. The molecule has 0 saturated carbocycles. The SMILES string of the molecule is Cc1cc(CCl)c2c(c1)CCCN2C. The number of anilines is 1. The van der Waals surface area contributed by atoms with E-state index in [0.717, 1.165) is 6.54 Å². The third kappa shape index (κ3) is 1.61. The summed E-state index contributed by atoms with van der Waals surface area (Å²) in [4.78, 5) is 2.33. The minimum absolute atomic E-state index is 0.619. The average Bonchev–Trinajstić information content (AvgIpc) is 2.16. The van der Waals surface area contributed by atoms with Crippen molar-refractivity contribution in [2.45, 2.75) is 25.6 Å². The zero-order valence-electron chi connectivity index (χ0n) is 8.81. The van der Waals surface area contributed by atoms with Crippen LogP contribution in [0, 0.1) is 6.92 Å². The minimum atomic E-state index is 0.619. The van der Waals surface area contributed by atoms with Gasteiger partial charge in [0.1, 0.15) is 0 Å². The Hall–Kier alpha value is -0.690. The van der Waals surface area contributed by atoms with E-state index in [1.165, 1.54) is 35.2 Å². The van der Waals surface area contributed by atoms with Gasteiger partial charge in [-0.15, -0.1) is 11.6 Å². The summed E-state index contributed by atoms with van der Waals surface area (Å²) >= 11 is 5.97. The molecule has 1 aromatic carbocycles. The standard InChI is InChI=1S/C12H16ClN/c1-9-6-10-4-3-5-14(2)12(10)11(7-9)8-13/h6-7H,3-5,8H2,1-2H3. The molecule has 1 aliphatic rings. The van der Waals surface area contributed by atoms with E-state index in [1.54, 1.807) is 0 Å². The average molecular weight is 210 g/mol. The molecule has 2 heteroatoms. The third-order valence-electron chi connectivity index (χ3n) is 2.88. The molecule has 0 fully saturated rings. The second kappa shape index (κ2) is 3.82. The van der Waals surface area contributed by atoms with E-state index < -0.39 is 0 Å². The molecule has 0 saturated heterocycles. The lowest BCUT2D eigenvalue weighted by atomic mass is 9.96. The van der Waals surface area contributed by atoms with Crippen molar-refractivity contribution in [3.63, 3.8) is 0 Å². The van der Waals surface area contributed by atoms with Crippen LogP contribution in [0.25, 0.3) is 0 Å². The number of fused-ring (bicyclic) bond motifs is 1. The molecule has 76 valence electrons. The topological polar surface area (TPSA) is 3.24 Å². The van der Waals surface area contributed by atoms with Crippen LogP contribution in [0.3, 0.4) is 0 Å². The third-order valence-corrected chi connectivity index (χ3v) is 3.17. The minimum Gasteiger partial charge on any atom is -0.374 e. The predicted molar refractivity (Wildman–Crippen MR) is 62.3 cm³/mol. The lowest BCUT2D eigenvalue weighted by Gasteiger charge is -2.30. The first-order valence-corrected chi connectivity index (χ1v) is 5.65. The highest BCUT2D eigenvalue weighted by Crippen LogP contribution is 2.32. The van der Waals surface area contributed by atoms with Gasteiger partial charge in [-0.3, -0.25) is 0 Å². The molecule has 0 amide bonds. The maximum Gasteiger partial charge on any atom is 0.0494 e. The number of hydrogen-bond donors (Lipinski definition) is 0. The normalized spacial score (nSPS) is 15.5. The molecule has 0 unspecified atom stereocenters. The van der Waals surface area contributed by atoms with Gasteiger partial charge in [-0.2, -0.15) is 0 Å². The first-order valence-electron chi connectivity index (χ1n) is 5.12. The van der Waals surface area contributed by atoms with E-state index >= 15 is 0 Å². The number of alkyl halides is 1. The largest absolute Gasteiger partial charge is 0.374 e. The first kappa shape index (κ1) is 9.85. The molecular weight excluding hydrogens is 194 g/mol. The molecule has 0 N–H and O–H groups in total. The zero-order chi connectivity index (χ0) is 10.1. The maximum absolute atomic E-state index is 5.97. The molecular formula is C12H16ClN. The van der Waals surface area contributed by atoms with E-state index in [4.69, 9.17) is 11.6 Å². The van der Waals surface area contributed by atoms with Gasteiger partial charge in [0.15, 0.2) is 0 Å². The Bertz CT molecular complexity index is 329. The first-order chi connectivity index (χ1) is 6.72. The molecule has 0 radical (unpaired) electrons. The van der Waals surface area contributed by atoms with Crippen LogP contribution in [-0.4, -0.2) is 13.6 Å². The Morgan fingerprint density at radius 1 is 1.43 bits per heavy atom. The Labute approximate surface area is 90.7 Å². The van der Waals surface area contributed by atoms with Crippen LogP contribution in [0.5, 0.6) is 0 Å². The van der Waals surface area contributed by atoms with Gasteiger partial charge in [0.25, 0.3) is 0 Å². The molecule has 2 rings (SSSR count). The van der Waals surface area contributed by atoms with Gasteiger partial charge in [0.2, 0.25) is 0 Å². The zero-order valence-corrected chi connectivity index (χ0v) is 9.56. The Balaban J connectivity index is 2.55. The van der Waals surface area contributed by atoms with Crippen LogP contribution in [0.4, 0.5) is 5.69 Å². The number of nitrogens with zero attached hydrogens (tertiary/aromatic N) is 1. The summed E-state index contributed by atoms with van der Waals surface area (Å²) in [6, 6.07) is 4.49. The van der Waals surface area contributed by atoms with Crippen LogP contribution in [0.2, 0.25) is 0 Å². The molecule has 0 bridgehead atoms. The Morgan fingerprint density at radius 3 is 2.93 bits per heavy atom. The highest BCUT2D eigenvalue weighted by molar-refractivity contribution is 6.17. The number of rotatable bonds is 1. The van der Waals surface area contributed by atoms with Crippen molar-refractivity contribution in [2.75, 3.05) is 18.5 Å². The molecule has 0 spiro atoms. The molecule has 1 nitrogen and oxygen atoms in total. The van der Waals surface area contributed by atoms with Crippen LogP contribution >= 0.6 is 11.6 Å². The van der Waals surface area contributed by atoms with Gasteiger partial charge >= 0.3 is 0 Å². The van der Waals surface area contributed by atoms with Crippen LogP contribution in [0.15, 0.2) is 12.1 Å². The summed E-state index contributed by atoms with van der Waals surface area (Å²) in [5.74, 6) is 0.619. The second-order valence-electron chi connectivity index (χ2n) is 4.09. The van der Waals surface area contributed by atoms with Gasteiger partial charge in [-0.1, -0.05) is 17.7 Å². The number of halogens is 1. The number of benzene rings is 1. The van der Waals surface area contributed by atoms with E-state index in [0.29, 0.717) is 5.88 Å². The molecule has 1 heterocycles. The van der Waals surface area contributed by atoms with Crippen molar-refractivity contribution in [2.24, 2.45) is 0 Å². The number of aryl methyl sites for hydroxylation is 2. The fourth-order valence-corrected chi connectivity index (χ4v) is 2.54. The van der Waals surface area contributed by atoms with Crippen LogP contribution in [-0.2, 0) is 12.3 Å². The van der Waals surface area contributed by atoms with Crippen molar-refractivity contribution >= 4 is 17.3 Å². The smallest absolute Gasteiger partial charge is 0.0494 e. The Morgan fingerprint density at radius 2 is 2.21 bits per heavy atom. The van der Waals surface area contributed by atoms with Crippen molar-refractivity contribution in [1.29, 1.82) is 0 Å². The van der Waals surface area contributed by atoms with Gasteiger partial charge in [-0.25, -0.2) is 0 Å². The highest BCUT2D eigenvalue weighted by Gasteiger charge is 2.17. The van der Waals surface area contributed by atoms with E-state index in [-0.39, 0.29) is 0 Å². The lowest BCUT2D eigenvalue weighted by molar-refractivity contribution is 0.740. The van der Waals surface area contributed by atoms with Crippen molar-refractivity contribution < 1.29 is 0 Å². The van der Waals surface area contributed by atoms with E-state index in [1.807, 2.05) is 0 Å². The molecule has 14 heavy (non-hydrogen) atoms. The van der Waals surface area contributed by atoms with E-state index in [2.05, 4.69) is 31.0 Å². The molecule has 0 atom stereocenters. The van der Waals surface area contributed by atoms with E-state index in [9.17, 15) is 0 Å². The fourth-order valence-electron chi connectivity index (χ4n) is 2.34. The van der Waals surface area contributed by atoms with Gasteiger partial charge < -0.3 is 4.90 Å². The Kier molecular flexibility index (Phi) is 2.69. The summed E-state index contributed by atoms with van der Waals surface area (Å²) in [5, 5.41) is 0. The van der Waals surface area contributed by atoms with Crippen LogP contribution in [0.1, 0.15) is 23.1 Å². The molecule has 1 aromatic rings. The fraction of sp³-hybridized carbons (Fsp3) is 0.500. The summed E-state index contributed by atoms with van der Waals surface area (Å²) in [7, 11) is 2.16. The van der Waals surface area contributed by atoms with Crippen LogP contribution < -0.4 is 4.90 Å². The summed E-state index contributed by atoms with van der Waals surface area (Å²) in [6.45, 7) is 3.30. The highest BCUT2D eigenvalue weighted by atomic mass is 35.5. The van der Waals surface area contributed by atoms with Gasteiger partial charge in [0.05, 0.1) is 0 Å².